The predicted molar refractivity (Wildman–Crippen MR) is 121 cm³/mol. The molecule has 3 aromatic rings. The molecule has 1 saturated heterocycles. The number of halogens is 1. The van der Waals surface area contributed by atoms with Gasteiger partial charge < -0.3 is 14.2 Å². The lowest BCUT2D eigenvalue weighted by molar-refractivity contribution is -0.116. The summed E-state index contributed by atoms with van der Waals surface area (Å²) in [5, 5.41) is 2.72. The Morgan fingerprint density at radius 3 is 2.41 bits per heavy atom. The monoisotopic (exact) mass is 449 g/mol. The number of hydrogen-bond acceptors (Lipinski definition) is 5. The fraction of sp³-hybridized carbons (Fsp3) is 0.120. The molecule has 7 heteroatoms. The highest BCUT2D eigenvalue weighted by Crippen LogP contribution is 2.32. The molecule has 0 bridgehead atoms. The van der Waals surface area contributed by atoms with Crippen molar-refractivity contribution < 1.29 is 23.8 Å². The molecular weight excluding hydrogens is 430 g/mol. The van der Waals surface area contributed by atoms with Gasteiger partial charge in [-0.25, -0.2) is 4.79 Å². The molecule has 0 unspecified atom stereocenters. The van der Waals surface area contributed by atoms with Crippen LogP contribution in [0.4, 0.5) is 4.79 Å². The zero-order valence-corrected chi connectivity index (χ0v) is 18.0. The largest absolute Gasteiger partial charge is 0.457 e. The van der Waals surface area contributed by atoms with Gasteiger partial charge in [-0.1, -0.05) is 37.1 Å². The predicted octanol–water partition coefficient (Wildman–Crippen LogP) is 6.48. The minimum atomic E-state index is -0.779. The van der Waals surface area contributed by atoms with E-state index in [9.17, 15) is 9.59 Å². The summed E-state index contributed by atoms with van der Waals surface area (Å²) in [4.78, 5) is 22.9. The summed E-state index contributed by atoms with van der Waals surface area (Å²) in [6.07, 6.45) is 2.46. The lowest BCUT2D eigenvalue weighted by Crippen LogP contribution is -2.18. The summed E-state index contributed by atoms with van der Waals surface area (Å²) >= 11 is 5.93. The molecule has 1 heterocycles. The third kappa shape index (κ3) is 5.28. The van der Waals surface area contributed by atoms with E-state index in [2.05, 4.69) is 12.2 Å². The van der Waals surface area contributed by atoms with Gasteiger partial charge in [0.05, 0.1) is 0 Å². The van der Waals surface area contributed by atoms with E-state index in [1.165, 1.54) is 6.08 Å². The van der Waals surface area contributed by atoms with Crippen LogP contribution in [0.5, 0.6) is 23.0 Å². The highest BCUT2D eigenvalue weighted by atomic mass is 35.5. The number of cyclic esters (lactones) is 1. The number of imide groups is 1. The molecule has 162 valence electrons. The average Bonchev–Trinajstić information content (AvgIpc) is 3.08. The Morgan fingerprint density at radius 2 is 1.69 bits per heavy atom. The third-order valence-electron chi connectivity index (χ3n) is 4.63. The summed E-state index contributed by atoms with van der Waals surface area (Å²) < 4.78 is 16.9. The lowest BCUT2D eigenvalue weighted by Gasteiger charge is -2.14. The standard InChI is InChI=1S/C25H20ClNO5/c1-2-4-17-15-21(30-19-9-7-18(26)8-10-19)11-12-22(17)31-20-6-3-5-16(13-20)14-23-24(28)27-25(29)32-23/h3,5-15H,2,4H2,1H3,(H,27,28,29)/b23-14+. The van der Waals surface area contributed by atoms with Gasteiger partial charge in [-0.15, -0.1) is 0 Å². The number of benzene rings is 3. The van der Waals surface area contributed by atoms with Gasteiger partial charge in [0.1, 0.15) is 23.0 Å². The quantitative estimate of drug-likeness (QED) is 0.417. The number of amides is 2. The smallest absolute Gasteiger partial charge is 0.419 e. The third-order valence-corrected chi connectivity index (χ3v) is 4.88. The van der Waals surface area contributed by atoms with Crippen molar-refractivity contribution >= 4 is 29.7 Å². The Labute approximate surface area is 190 Å². The normalized spacial score (nSPS) is 14.2. The van der Waals surface area contributed by atoms with Crippen molar-refractivity contribution in [2.24, 2.45) is 0 Å². The number of hydrogen-bond donors (Lipinski definition) is 1. The van der Waals surface area contributed by atoms with Crippen molar-refractivity contribution in [3.63, 3.8) is 0 Å². The van der Waals surface area contributed by atoms with E-state index in [1.807, 2.05) is 36.4 Å². The molecule has 32 heavy (non-hydrogen) atoms. The van der Waals surface area contributed by atoms with Crippen LogP contribution in [0.1, 0.15) is 24.5 Å². The Kier molecular flexibility index (Phi) is 6.42. The van der Waals surface area contributed by atoms with Crippen LogP contribution in [0.25, 0.3) is 6.08 Å². The van der Waals surface area contributed by atoms with Gasteiger partial charge in [-0.05, 0) is 78.2 Å². The number of alkyl carbamates (subject to hydrolysis) is 1. The van der Waals surface area contributed by atoms with Crippen molar-refractivity contribution in [2.45, 2.75) is 19.8 Å². The molecule has 0 saturated carbocycles. The van der Waals surface area contributed by atoms with E-state index in [4.69, 9.17) is 25.8 Å². The number of rotatable bonds is 7. The molecule has 1 aliphatic heterocycles. The van der Waals surface area contributed by atoms with Crippen molar-refractivity contribution in [2.75, 3.05) is 0 Å². The fourth-order valence-electron chi connectivity index (χ4n) is 3.19. The topological polar surface area (TPSA) is 73.9 Å². The van der Waals surface area contributed by atoms with Crippen LogP contribution in [0.2, 0.25) is 5.02 Å². The van der Waals surface area contributed by atoms with Crippen LogP contribution in [-0.2, 0) is 16.0 Å². The molecule has 3 aromatic carbocycles. The minimum Gasteiger partial charge on any atom is -0.457 e. The van der Waals surface area contributed by atoms with Crippen LogP contribution in [0, 0.1) is 0 Å². The maximum Gasteiger partial charge on any atom is 0.419 e. The van der Waals surface area contributed by atoms with Gasteiger partial charge in [0.25, 0.3) is 5.91 Å². The van der Waals surface area contributed by atoms with Crippen LogP contribution in [0.15, 0.2) is 72.5 Å². The number of carbonyl (C=O) groups excluding carboxylic acids is 2. The van der Waals surface area contributed by atoms with Crippen LogP contribution in [0.3, 0.4) is 0 Å². The molecule has 0 aromatic heterocycles. The van der Waals surface area contributed by atoms with E-state index < -0.39 is 12.0 Å². The molecule has 0 aliphatic carbocycles. The first-order valence-corrected chi connectivity index (χ1v) is 10.5. The minimum absolute atomic E-state index is 0.0532. The number of ether oxygens (including phenoxy) is 3. The van der Waals surface area contributed by atoms with Crippen LogP contribution >= 0.6 is 11.6 Å². The summed E-state index contributed by atoms with van der Waals surface area (Å²) in [5.74, 6) is 2.09. The lowest BCUT2D eigenvalue weighted by atomic mass is 10.1. The Hall–Kier alpha value is -3.77. The second kappa shape index (κ2) is 9.58. The van der Waals surface area contributed by atoms with Crippen molar-refractivity contribution in [1.29, 1.82) is 0 Å². The van der Waals surface area contributed by atoms with Crippen LogP contribution < -0.4 is 14.8 Å². The second-order valence-electron chi connectivity index (χ2n) is 7.10. The molecule has 0 spiro atoms. The number of nitrogens with one attached hydrogen (secondary N) is 1. The molecule has 6 nitrogen and oxygen atoms in total. The van der Waals surface area contributed by atoms with Gasteiger partial charge in [0.15, 0.2) is 5.76 Å². The molecule has 0 atom stereocenters. The summed E-state index contributed by atoms with van der Waals surface area (Å²) in [6, 6.07) is 20.0. The average molecular weight is 450 g/mol. The summed E-state index contributed by atoms with van der Waals surface area (Å²) in [6.45, 7) is 2.09. The number of aryl methyl sites for hydroxylation is 1. The Bertz CT molecular complexity index is 1190. The first-order chi connectivity index (χ1) is 15.5. The van der Waals surface area contributed by atoms with Gasteiger partial charge in [-0.2, -0.15) is 0 Å². The second-order valence-corrected chi connectivity index (χ2v) is 7.54. The van der Waals surface area contributed by atoms with Gasteiger partial charge in [0.2, 0.25) is 0 Å². The van der Waals surface area contributed by atoms with Crippen molar-refractivity contribution in [1.82, 2.24) is 5.32 Å². The van der Waals surface area contributed by atoms with Gasteiger partial charge in [-0.3, -0.25) is 10.1 Å². The van der Waals surface area contributed by atoms with Crippen LogP contribution in [-0.4, -0.2) is 12.0 Å². The van der Waals surface area contributed by atoms with Crippen molar-refractivity contribution in [3.05, 3.63) is 88.6 Å². The molecule has 2 amide bonds. The highest BCUT2D eigenvalue weighted by molar-refractivity contribution is 6.30. The molecule has 1 fully saturated rings. The van der Waals surface area contributed by atoms with E-state index in [0.717, 1.165) is 18.4 Å². The first-order valence-electron chi connectivity index (χ1n) is 10.1. The van der Waals surface area contributed by atoms with E-state index >= 15 is 0 Å². The molecule has 1 aliphatic rings. The summed E-state index contributed by atoms with van der Waals surface area (Å²) in [7, 11) is 0. The first kappa shape index (κ1) is 21.5. The maximum absolute atomic E-state index is 11.7. The van der Waals surface area contributed by atoms with E-state index in [-0.39, 0.29) is 5.76 Å². The SMILES string of the molecule is CCCc1cc(Oc2ccc(Cl)cc2)ccc1Oc1cccc(/C=C2/OC(=O)NC2=O)c1. The maximum atomic E-state index is 11.7. The Morgan fingerprint density at radius 1 is 0.938 bits per heavy atom. The highest BCUT2D eigenvalue weighted by Gasteiger charge is 2.25. The molecule has 4 rings (SSSR count). The Balaban J connectivity index is 1.54. The zero-order valence-electron chi connectivity index (χ0n) is 17.3. The summed E-state index contributed by atoms with van der Waals surface area (Å²) in [5.41, 5.74) is 1.67. The van der Waals surface area contributed by atoms with Gasteiger partial charge >= 0.3 is 6.09 Å². The van der Waals surface area contributed by atoms with Crippen molar-refractivity contribution in [3.8, 4) is 23.0 Å². The van der Waals surface area contributed by atoms with E-state index in [1.54, 1.807) is 30.3 Å². The molecule has 1 N–H and O–H groups in total. The van der Waals surface area contributed by atoms with Gasteiger partial charge in [0, 0.05) is 5.02 Å². The fourth-order valence-corrected chi connectivity index (χ4v) is 3.32. The molecular formula is C25H20ClNO5. The zero-order chi connectivity index (χ0) is 22.5. The molecule has 0 radical (unpaired) electrons. The number of carbonyl (C=O) groups is 2. The van der Waals surface area contributed by atoms with E-state index in [0.29, 0.717) is 33.6 Å².